The van der Waals surface area contributed by atoms with Crippen molar-refractivity contribution in [2.75, 3.05) is 19.0 Å². The quantitative estimate of drug-likeness (QED) is 0.467. The Morgan fingerprint density at radius 3 is 2.91 bits per heavy atom. The molecule has 1 saturated heterocycles. The van der Waals surface area contributed by atoms with Crippen LogP contribution in [0.4, 0.5) is 16.4 Å². The van der Waals surface area contributed by atoms with Gasteiger partial charge < -0.3 is 24.8 Å². The number of methoxy groups -OCH3 is 1. The van der Waals surface area contributed by atoms with Crippen LogP contribution in [-0.2, 0) is 20.8 Å². The van der Waals surface area contributed by atoms with Gasteiger partial charge in [0.25, 0.3) is 0 Å². The molecule has 0 spiro atoms. The van der Waals surface area contributed by atoms with Crippen molar-refractivity contribution < 1.29 is 19.0 Å². The molecule has 3 aromatic heterocycles. The minimum atomic E-state index is -0.320. The van der Waals surface area contributed by atoms with E-state index in [1.807, 2.05) is 12.1 Å². The number of anilines is 2. The van der Waals surface area contributed by atoms with Gasteiger partial charge in [-0.1, -0.05) is 0 Å². The van der Waals surface area contributed by atoms with Crippen LogP contribution in [0.25, 0.3) is 5.52 Å². The van der Waals surface area contributed by atoms with Crippen LogP contribution in [0.5, 0.6) is 0 Å². The highest BCUT2D eigenvalue weighted by molar-refractivity contribution is 5.72. The summed E-state index contributed by atoms with van der Waals surface area (Å²) in [5.74, 6) is 2.11. The lowest BCUT2D eigenvalue weighted by atomic mass is 9.66. The number of rotatable bonds is 7. The summed E-state index contributed by atoms with van der Waals surface area (Å²) in [6, 6.07) is 3.82. The third-order valence-electron chi connectivity index (χ3n) is 7.62. The molecule has 2 bridgehead atoms. The third-order valence-corrected chi connectivity index (χ3v) is 7.62. The molecule has 3 saturated carbocycles. The maximum atomic E-state index is 12.6. The Bertz CT molecular complexity index is 1190. The van der Waals surface area contributed by atoms with Crippen molar-refractivity contribution in [3.05, 3.63) is 35.9 Å². The number of carbonyl (C=O) groups is 1. The maximum absolute atomic E-state index is 12.6. The van der Waals surface area contributed by atoms with Crippen molar-refractivity contribution in [3.63, 3.8) is 0 Å². The molecule has 4 heterocycles. The Morgan fingerprint density at radius 2 is 2.11 bits per heavy atom. The molecule has 3 aliphatic carbocycles. The van der Waals surface area contributed by atoms with Gasteiger partial charge in [0.1, 0.15) is 17.7 Å². The molecule has 1 aliphatic heterocycles. The molecule has 35 heavy (non-hydrogen) atoms. The van der Waals surface area contributed by atoms with Crippen LogP contribution < -0.4 is 10.6 Å². The summed E-state index contributed by atoms with van der Waals surface area (Å²) in [6.07, 6.45) is 10.1. The first-order valence-electron chi connectivity index (χ1n) is 12.3. The summed E-state index contributed by atoms with van der Waals surface area (Å²) in [7, 11) is 1.64. The number of aromatic amines is 1. The van der Waals surface area contributed by atoms with Gasteiger partial charge in [-0.15, -0.1) is 0 Å². The number of fused-ring (bicyclic) bond motifs is 4. The van der Waals surface area contributed by atoms with Crippen LogP contribution in [0.3, 0.4) is 0 Å². The Morgan fingerprint density at radius 1 is 1.29 bits per heavy atom. The van der Waals surface area contributed by atoms with E-state index in [4.69, 9.17) is 14.2 Å². The van der Waals surface area contributed by atoms with Gasteiger partial charge >= 0.3 is 6.09 Å². The van der Waals surface area contributed by atoms with E-state index < -0.39 is 0 Å². The zero-order valence-electron chi connectivity index (χ0n) is 19.8. The Labute approximate surface area is 202 Å². The molecule has 0 aromatic carbocycles. The van der Waals surface area contributed by atoms with Gasteiger partial charge in [-0.05, 0) is 50.5 Å². The van der Waals surface area contributed by atoms with Gasteiger partial charge in [-0.2, -0.15) is 10.2 Å². The first-order valence-corrected chi connectivity index (χ1v) is 12.3. The molecule has 11 heteroatoms. The molecular weight excluding hydrogens is 450 g/mol. The summed E-state index contributed by atoms with van der Waals surface area (Å²) in [4.78, 5) is 17.0. The van der Waals surface area contributed by atoms with Crippen LogP contribution in [0.15, 0.2) is 24.5 Å². The van der Waals surface area contributed by atoms with Crippen molar-refractivity contribution in [2.45, 2.75) is 69.3 Å². The minimum absolute atomic E-state index is 0.0641. The Hall–Kier alpha value is -3.18. The average Bonchev–Trinajstić information content (AvgIpc) is 3.60. The van der Waals surface area contributed by atoms with Gasteiger partial charge in [0, 0.05) is 37.5 Å². The van der Waals surface area contributed by atoms with E-state index in [1.165, 1.54) is 19.3 Å². The number of hydrogen-bond donors (Lipinski definition) is 3. The minimum Gasteiger partial charge on any atom is -0.444 e. The SMILES string of the molecule is COCc1cc2c(Nc3cc(C4CC(OC(=O)NC56CCC(CC5)CC6)CO4)[nH]n3)nccn2n1. The van der Waals surface area contributed by atoms with Gasteiger partial charge in [-0.25, -0.2) is 14.3 Å². The largest absolute Gasteiger partial charge is 0.444 e. The average molecular weight is 482 g/mol. The fourth-order valence-corrected chi connectivity index (χ4v) is 5.71. The second-order valence-corrected chi connectivity index (χ2v) is 9.98. The van der Waals surface area contributed by atoms with Crippen LogP contribution in [-0.4, -0.2) is 56.2 Å². The zero-order chi connectivity index (χ0) is 23.8. The maximum Gasteiger partial charge on any atom is 0.407 e. The van der Waals surface area contributed by atoms with Crippen LogP contribution in [0.2, 0.25) is 0 Å². The smallest absolute Gasteiger partial charge is 0.407 e. The lowest BCUT2D eigenvalue weighted by Crippen LogP contribution is -2.54. The monoisotopic (exact) mass is 481 g/mol. The van der Waals surface area contributed by atoms with E-state index in [9.17, 15) is 4.79 Å². The topological polar surface area (TPSA) is 128 Å². The number of alkyl carbamates (subject to hydrolysis) is 1. The van der Waals surface area contributed by atoms with Gasteiger partial charge in [0.15, 0.2) is 11.6 Å². The highest BCUT2D eigenvalue weighted by atomic mass is 16.6. The highest BCUT2D eigenvalue weighted by Crippen LogP contribution is 2.44. The van der Waals surface area contributed by atoms with E-state index in [2.05, 4.69) is 30.9 Å². The van der Waals surface area contributed by atoms with Crippen molar-refractivity contribution in [2.24, 2.45) is 5.92 Å². The number of carbonyl (C=O) groups excluding carboxylic acids is 1. The number of amides is 1. The van der Waals surface area contributed by atoms with Crippen LogP contribution in [0.1, 0.15) is 62.4 Å². The lowest BCUT2D eigenvalue weighted by molar-refractivity contribution is 0.0505. The molecule has 11 nitrogen and oxygen atoms in total. The number of nitrogens with zero attached hydrogens (tertiary/aromatic N) is 4. The first kappa shape index (κ1) is 22.3. The summed E-state index contributed by atoms with van der Waals surface area (Å²) >= 11 is 0. The molecule has 3 aromatic rings. The predicted molar refractivity (Wildman–Crippen MR) is 126 cm³/mol. The summed E-state index contributed by atoms with van der Waals surface area (Å²) in [5.41, 5.74) is 2.40. The van der Waals surface area contributed by atoms with E-state index in [1.54, 1.807) is 24.0 Å². The molecule has 2 atom stereocenters. The number of nitrogens with one attached hydrogen (secondary N) is 3. The second kappa shape index (κ2) is 9.12. The number of aromatic nitrogens is 5. The molecule has 1 amide bonds. The summed E-state index contributed by atoms with van der Waals surface area (Å²) in [5, 5.41) is 18.3. The molecule has 4 aliphatic rings. The first-order chi connectivity index (χ1) is 17.1. The van der Waals surface area contributed by atoms with Crippen LogP contribution in [0, 0.1) is 5.92 Å². The third kappa shape index (κ3) is 4.57. The fourth-order valence-electron chi connectivity index (χ4n) is 5.71. The number of H-pyrrole nitrogens is 1. The standard InChI is InChI=1S/C24H31N7O4/c1-33-13-16-10-19-22(25-8-9-31(19)30-16)26-21-12-18(28-29-21)20-11-17(14-34-20)35-23(32)27-24-5-2-15(3-6-24)4-7-24/h8-10,12,15,17,20H,2-7,11,13-14H2,1H3,(H,27,32)(H2,25,26,28,29). The van der Waals surface area contributed by atoms with E-state index in [-0.39, 0.29) is 23.8 Å². The number of ether oxygens (including phenoxy) is 3. The van der Waals surface area contributed by atoms with Gasteiger partial charge in [0.05, 0.1) is 24.6 Å². The summed E-state index contributed by atoms with van der Waals surface area (Å²) < 4.78 is 18.6. The van der Waals surface area contributed by atoms with Crippen LogP contribution >= 0.6 is 0 Å². The van der Waals surface area contributed by atoms with Crippen molar-refractivity contribution >= 4 is 23.2 Å². The van der Waals surface area contributed by atoms with Crippen molar-refractivity contribution in [1.29, 1.82) is 0 Å². The fraction of sp³-hybridized carbons (Fsp3) is 0.583. The van der Waals surface area contributed by atoms with Crippen molar-refractivity contribution in [3.8, 4) is 0 Å². The van der Waals surface area contributed by atoms with Gasteiger partial charge in [0.2, 0.25) is 0 Å². The van der Waals surface area contributed by atoms with E-state index >= 15 is 0 Å². The molecule has 3 N–H and O–H groups in total. The molecule has 186 valence electrons. The molecule has 2 unspecified atom stereocenters. The molecule has 4 fully saturated rings. The molecular formula is C24H31N7O4. The molecule has 0 radical (unpaired) electrons. The van der Waals surface area contributed by atoms with Gasteiger partial charge in [-0.3, -0.25) is 5.10 Å². The van der Waals surface area contributed by atoms with Crippen molar-refractivity contribution in [1.82, 2.24) is 30.1 Å². The lowest BCUT2D eigenvalue weighted by Gasteiger charge is -2.46. The Balaban J connectivity index is 1.06. The highest BCUT2D eigenvalue weighted by Gasteiger charge is 2.42. The summed E-state index contributed by atoms with van der Waals surface area (Å²) in [6.45, 7) is 0.795. The van der Waals surface area contributed by atoms with E-state index in [0.717, 1.165) is 42.1 Å². The van der Waals surface area contributed by atoms with E-state index in [0.29, 0.717) is 31.3 Å². The number of hydrogen-bond acceptors (Lipinski definition) is 8. The predicted octanol–water partition coefficient (Wildman–Crippen LogP) is 3.62. The normalized spacial score (nSPS) is 27.9. The zero-order valence-corrected chi connectivity index (χ0v) is 19.8. The molecule has 7 rings (SSSR count). The Kier molecular flexibility index (Phi) is 5.81. The second-order valence-electron chi connectivity index (χ2n) is 9.98.